The van der Waals surface area contributed by atoms with Gasteiger partial charge in [0, 0.05) is 11.1 Å². The molecule has 0 amide bonds. The molecule has 0 atom stereocenters. The van der Waals surface area contributed by atoms with Gasteiger partial charge in [-0.25, -0.2) is 0 Å². The summed E-state index contributed by atoms with van der Waals surface area (Å²) in [5.41, 5.74) is 8.46. The van der Waals surface area contributed by atoms with Gasteiger partial charge in [0.1, 0.15) is 0 Å². The molecule has 0 aliphatic heterocycles. The van der Waals surface area contributed by atoms with Gasteiger partial charge in [0.25, 0.3) is 0 Å². The predicted octanol–water partition coefficient (Wildman–Crippen LogP) is 2.95. The zero-order chi connectivity index (χ0) is 12.4. The second kappa shape index (κ2) is 4.72. The number of rotatable bonds is 3. The van der Waals surface area contributed by atoms with E-state index >= 15 is 0 Å². The molecule has 1 aromatic carbocycles. The van der Waals surface area contributed by atoms with Crippen molar-refractivity contribution in [1.29, 1.82) is 0 Å². The molecule has 17 heavy (non-hydrogen) atoms. The number of hydrazine groups is 1. The van der Waals surface area contributed by atoms with E-state index in [1.165, 1.54) is 11.1 Å². The van der Waals surface area contributed by atoms with Crippen molar-refractivity contribution in [3.63, 3.8) is 0 Å². The first kappa shape index (κ1) is 11.9. The highest BCUT2D eigenvalue weighted by atomic mass is 15.2. The summed E-state index contributed by atoms with van der Waals surface area (Å²) >= 11 is 0. The van der Waals surface area contributed by atoms with Crippen LogP contribution in [-0.4, -0.2) is 4.98 Å². The second-order valence-corrected chi connectivity index (χ2v) is 4.22. The van der Waals surface area contributed by atoms with E-state index < -0.39 is 0 Å². The van der Waals surface area contributed by atoms with E-state index in [1.54, 1.807) is 0 Å². The Kier molecular flexibility index (Phi) is 3.29. The Morgan fingerprint density at radius 1 is 1.24 bits per heavy atom. The van der Waals surface area contributed by atoms with Gasteiger partial charge in [-0.05, 0) is 30.9 Å². The van der Waals surface area contributed by atoms with Crippen LogP contribution in [0.2, 0.25) is 0 Å². The number of nitrogens with zero attached hydrogens (tertiary/aromatic N) is 1. The van der Waals surface area contributed by atoms with E-state index in [9.17, 15) is 0 Å². The molecule has 0 unspecified atom stereocenters. The molecule has 3 N–H and O–H groups in total. The van der Waals surface area contributed by atoms with Crippen LogP contribution in [0.5, 0.6) is 0 Å². The second-order valence-electron chi connectivity index (χ2n) is 4.22. The standard InChI is InChI=1S/C14H19N3/c1-4-10-7-6-8-12-13(10)16-9(3)11(5-2)14(12)17-15/h6-8H,4-5,15H2,1-3H3,(H,16,17). The molecule has 90 valence electrons. The number of fused-ring (bicyclic) bond motifs is 1. The zero-order valence-corrected chi connectivity index (χ0v) is 10.7. The van der Waals surface area contributed by atoms with Gasteiger partial charge in [-0.2, -0.15) is 0 Å². The van der Waals surface area contributed by atoms with Crippen LogP contribution < -0.4 is 11.3 Å². The minimum absolute atomic E-state index is 0.935. The Bertz CT molecular complexity index is 547. The minimum Gasteiger partial charge on any atom is -0.323 e. The minimum atomic E-state index is 0.935. The number of para-hydroxylation sites is 1. The largest absolute Gasteiger partial charge is 0.323 e. The van der Waals surface area contributed by atoms with E-state index in [2.05, 4.69) is 37.5 Å². The molecule has 0 saturated heterocycles. The van der Waals surface area contributed by atoms with Gasteiger partial charge >= 0.3 is 0 Å². The van der Waals surface area contributed by atoms with Crippen LogP contribution in [0, 0.1) is 6.92 Å². The molecule has 0 bridgehead atoms. The topological polar surface area (TPSA) is 50.9 Å². The lowest BCUT2D eigenvalue weighted by Crippen LogP contribution is -2.12. The average Bonchev–Trinajstić information content (AvgIpc) is 2.36. The summed E-state index contributed by atoms with van der Waals surface area (Å²) in [6.45, 7) is 6.32. The number of benzene rings is 1. The number of nitrogens with two attached hydrogens (primary N) is 1. The van der Waals surface area contributed by atoms with Crippen molar-refractivity contribution in [3.05, 3.63) is 35.0 Å². The number of hydrogen-bond acceptors (Lipinski definition) is 3. The van der Waals surface area contributed by atoms with Crippen LogP contribution in [0.15, 0.2) is 18.2 Å². The van der Waals surface area contributed by atoms with E-state index in [0.29, 0.717) is 0 Å². The molecule has 3 nitrogen and oxygen atoms in total. The Morgan fingerprint density at radius 3 is 2.59 bits per heavy atom. The molecule has 2 rings (SSSR count). The van der Waals surface area contributed by atoms with Crippen molar-refractivity contribution in [3.8, 4) is 0 Å². The smallest absolute Gasteiger partial charge is 0.0758 e. The van der Waals surface area contributed by atoms with Crippen molar-refractivity contribution in [2.45, 2.75) is 33.6 Å². The van der Waals surface area contributed by atoms with E-state index in [1.807, 2.05) is 6.92 Å². The molecule has 0 saturated carbocycles. The third kappa shape index (κ3) is 1.87. The summed E-state index contributed by atoms with van der Waals surface area (Å²) in [5.74, 6) is 5.67. The van der Waals surface area contributed by atoms with Crippen molar-refractivity contribution in [2.24, 2.45) is 5.84 Å². The van der Waals surface area contributed by atoms with Gasteiger partial charge in [0.2, 0.25) is 0 Å². The molecule has 0 aliphatic carbocycles. The highest BCUT2D eigenvalue weighted by molar-refractivity contribution is 5.95. The maximum atomic E-state index is 5.67. The third-order valence-corrected chi connectivity index (χ3v) is 3.29. The van der Waals surface area contributed by atoms with Crippen molar-refractivity contribution >= 4 is 16.6 Å². The summed E-state index contributed by atoms with van der Waals surface area (Å²) in [7, 11) is 0. The number of anilines is 1. The summed E-state index contributed by atoms with van der Waals surface area (Å²) in [4.78, 5) is 4.73. The number of aryl methyl sites for hydroxylation is 2. The number of nitrogen functional groups attached to an aromatic ring is 1. The Morgan fingerprint density at radius 2 is 2.00 bits per heavy atom. The Labute approximate surface area is 102 Å². The van der Waals surface area contributed by atoms with Crippen LogP contribution in [0.25, 0.3) is 10.9 Å². The quantitative estimate of drug-likeness (QED) is 0.628. The van der Waals surface area contributed by atoms with E-state index in [0.717, 1.165) is 35.1 Å². The van der Waals surface area contributed by atoms with Crippen LogP contribution in [0.1, 0.15) is 30.7 Å². The monoisotopic (exact) mass is 229 g/mol. The summed E-state index contributed by atoms with van der Waals surface area (Å²) in [6, 6.07) is 6.27. The molecule has 1 heterocycles. The maximum Gasteiger partial charge on any atom is 0.0758 e. The molecular weight excluding hydrogens is 210 g/mol. The van der Waals surface area contributed by atoms with Crippen molar-refractivity contribution in [2.75, 3.05) is 5.43 Å². The van der Waals surface area contributed by atoms with Gasteiger partial charge < -0.3 is 5.43 Å². The van der Waals surface area contributed by atoms with Gasteiger partial charge in [-0.3, -0.25) is 10.8 Å². The van der Waals surface area contributed by atoms with Gasteiger partial charge in [0.15, 0.2) is 0 Å². The highest BCUT2D eigenvalue weighted by Crippen LogP contribution is 2.30. The summed E-state index contributed by atoms with van der Waals surface area (Å²) in [6.07, 6.45) is 1.92. The number of nitrogens with one attached hydrogen (secondary N) is 1. The fourth-order valence-corrected chi connectivity index (χ4v) is 2.39. The van der Waals surface area contributed by atoms with Gasteiger partial charge in [0.05, 0.1) is 11.2 Å². The first-order valence-corrected chi connectivity index (χ1v) is 6.10. The van der Waals surface area contributed by atoms with Crippen LogP contribution in [0.4, 0.5) is 5.69 Å². The lowest BCUT2D eigenvalue weighted by Gasteiger charge is -2.15. The molecule has 0 radical (unpaired) electrons. The third-order valence-electron chi connectivity index (χ3n) is 3.29. The molecule has 2 aromatic rings. The van der Waals surface area contributed by atoms with Crippen LogP contribution in [0.3, 0.4) is 0 Å². The van der Waals surface area contributed by atoms with E-state index in [4.69, 9.17) is 10.8 Å². The van der Waals surface area contributed by atoms with Gasteiger partial charge in [-0.1, -0.05) is 32.0 Å². The lowest BCUT2D eigenvalue weighted by molar-refractivity contribution is 1.05. The molecular formula is C14H19N3. The summed E-state index contributed by atoms with van der Waals surface area (Å²) < 4.78 is 0. The predicted molar refractivity (Wildman–Crippen MR) is 73.0 cm³/mol. The van der Waals surface area contributed by atoms with Crippen LogP contribution >= 0.6 is 0 Å². The first-order chi connectivity index (χ1) is 8.22. The van der Waals surface area contributed by atoms with Crippen molar-refractivity contribution in [1.82, 2.24) is 4.98 Å². The maximum absolute atomic E-state index is 5.67. The fraction of sp³-hybridized carbons (Fsp3) is 0.357. The number of aromatic nitrogens is 1. The molecule has 0 spiro atoms. The lowest BCUT2D eigenvalue weighted by atomic mass is 10.0. The first-order valence-electron chi connectivity index (χ1n) is 6.10. The molecule has 1 aromatic heterocycles. The molecule has 0 aliphatic rings. The zero-order valence-electron chi connectivity index (χ0n) is 10.7. The number of hydrogen-bond donors (Lipinski definition) is 2. The van der Waals surface area contributed by atoms with Gasteiger partial charge in [-0.15, -0.1) is 0 Å². The normalized spacial score (nSPS) is 10.8. The molecule has 3 heteroatoms. The summed E-state index contributed by atoms with van der Waals surface area (Å²) in [5, 5.41) is 1.12. The van der Waals surface area contributed by atoms with E-state index in [-0.39, 0.29) is 0 Å². The average molecular weight is 229 g/mol. The molecule has 0 fully saturated rings. The van der Waals surface area contributed by atoms with Crippen molar-refractivity contribution < 1.29 is 0 Å². The number of pyridine rings is 1. The SMILES string of the molecule is CCc1c(C)nc2c(CC)cccc2c1NN. The highest BCUT2D eigenvalue weighted by Gasteiger charge is 2.11. The Balaban J connectivity index is 2.87. The van der Waals surface area contributed by atoms with Crippen LogP contribution in [-0.2, 0) is 12.8 Å². The fourth-order valence-electron chi connectivity index (χ4n) is 2.39. The Hall–Kier alpha value is -1.61.